The maximum atomic E-state index is 13.5. The van der Waals surface area contributed by atoms with E-state index in [-0.39, 0.29) is 24.1 Å². The molecule has 0 aliphatic carbocycles. The zero-order valence-corrected chi connectivity index (χ0v) is 16.4. The fourth-order valence-electron chi connectivity index (χ4n) is 3.36. The third-order valence-corrected chi connectivity index (χ3v) is 5.85. The summed E-state index contributed by atoms with van der Waals surface area (Å²) in [5, 5.41) is 9.98. The number of amides is 2. The number of carbonyl (C=O) groups is 2. The van der Waals surface area contributed by atoms with Gasteiger partial charge in [-0.05, 0) is 31.0 Å². The maximum absolute atomic E-state index is 13.5. The maximum Gasteiger partial charge on any atom is 0.256 e. The van der Waals surface area contributed by atoms with Gasteiger partial charge in [-0.2, -0.15) is 16.9 Å². The van der Waals surface area contributed by atoms with Crippen LogP contribution in [-0.2, 0) is 27.6 Å². The third-order valence-electron chi connectivity index (χ3n) is 4.88. The van der Waals surface area contributed by atoms with Gasteiger partial charge in [0.15, 0.2) is 11.6 Å². The minimum Gasteiger partial charge on any atom is -0.376 e. The van der Waals surface area contributed by atoms with Gasteiger partial charge >= 0.3 is 0 Å². The van der Waals surface area contributed by atoms with Crippen LogP contribution >= 0.6 is 11.8 Å². The Bertz CT molecular complexity index is 944. The Morgan fingerprint density at radius 1 is 1.28 bits per heavy atom. The largest absolute Gasteiger partial charge is 0.376 e. The summed E-state index contributed by atoms with van der Waals surface area (Å²) in [5.41, 5.74) is 1.64. The molecule has 7 nitrogen and oxygen atoms in total. The van der Waals surface area contributed by atoms with Crippen LogP contribution in [0.1, 0.15) is 34.5 Å². The Kier molecular flexibility index (Phi) is 5.81. The SMILES string of the molecule is O=C(Cn1nc2c(c1NC(=O)c1ccc(F)c(F)c1)CSC2)NC[C@@H]1CCCO1. The van der Waals surface area contributed by atoms with Crippen molar-refractivity contribution in [1.82, 2.24) is 15.1 Å². The number of halogens is 2. The van der Waals surface area contributed by atoms with Crippen molar-refractivity contribution >= 4 is 29.4 Å². The highest BCUT2D eigenvalue weighted by Gasteiger charge is 2.26. The van der Waals surface area contributed by atoms with E-state index in [1.54, 1.807) is 11.8 Å². The van der Waals surface area contributed by atoms with Gasteiger partial charge in [-0.1, -0.05) is 0 Å². The van der Waals surface area contributed by atoms with Crippen LogP contribution in [0.3, 0.4) is 0 Å². The van der Waals surface area contributed by atoms with Gasteiger partial charge in [0.25, 0.3) is 5.91 Å². The van der Waals surface area contributed by atoms with Gasteiger partial charge < -0.3 is 15.4 Å². The van der Waals surface area contributed by atoms with Crippen molar-refractivity contribution in [3.63, 3.8) is 0 Å². The first-order valence-electron chi connectivity index (χ1n) is 9.32. The standard InChI is InChI=1S/C19H20F2N4O3S/c20-14-4-3-11(6-15(14)21)19(27)23-18-13-9-29-10-16(13)24-25(18)8-17(26)22-7-12-2-1-5-28-12/h3-4,6,12H,1-2,5,7-10H2,(H,22,26)(H,23,27)/t12-/m0/s1. The van der Waals surface area contributed by atoms with Crippen LogP contribution in [0.15, 0.2) is 18.2 Å². The topological polar surface area (TPSA) is 85.2 Å². The predicted molar refractivity (Wildman–Crippen MR) is 104 cm³/mol. The highest BCUT2D eigenvalue weighted by atomic mass is 32.2. The molecule has 154 valence electrons. The first-order chi connectivity index (χ1) is 14.0. The van der Waals surface area contributed by atoms with Gasteiger partial charge in [0, 0.05) is 35.8 Å². The first kappa shape index (κ1) is 19.8. The van der Waals surface area contributed by atoms with Crippen molar-refractivity contribution in [2.75, 3.05) is 18.5 Å². The quantitative estimate of drug-likeness (QED) is 0.747. The number of hydrogen-bond acceptors (Lipinski definition) is 5. The zero-order chi connectivity index (χ0) is 20.4. The van der Waals surface area contributed by atoms with E-state index in [9.17, 15) is 18.4 Å². The third kappa shape index (κ3) is 4.43. The predicted octanol–water partition coefficient (Wildman–Crippen LogP) is 2.46. The lowest BCUT2D eigenvalue weighted by atomic mass is 10.2. The van der Waals surface area contributed by atoms with Crippen LogP contribution in [0.2, 0.25) is 0 Å². The Hall–Kier alpha value is -2.46. The fourth-order valence-corrected chi connectivity index (χ4v) is 4.40. The van der Waals surface area contributed by atoms with Gasteiger partial charge in [0.05, 0.1) is 11.8 Å². The molecule has 0 spiro atoms. The molecule has 0 saturated carbocycles. The molecule has 0 unspecified atom stereocenters. The molecule has 2 amide bonds. The lowest BCUT2D eigenvalue weighted by Crippen LogP contribution is -2.34. The number of ether oxygens (including phenoxy) is 1. The minimum absolute atomic E-state index is 0.0149. The monoisotopic (exact) mass is 422 g/mol. The number of nitrogens with one attached hydrogen (secondary N) is 2. The molecule has 0 radical (unpaired) electrons. The minimum atomic E-state index is -1.10. The van der Waals surface area contributed by atoms with Crippen molar-refractivity contribution < 1.29 is 23.1 Å². The molecule has 0 bridgehead atoms. The molecule has 29 heavy (non-hydrogen) atoms. The van der Waals surface area contributed by atoms with Gasteiger partial charge in [-0.3, -0.25) is 9.59 Å². The van der Waals surface area contributed by atoms with Crippen LogP contribution in [0.5, 0.6) is 0 Å². The molecule has 1 saturated heterocycles. The van der Waals surface area contributed by atoms with Crippen molar-refractivity contribution in [2.45, 2.75) is 37.0 Å². The van der Waals surface area contributed by atoms with Gasteiger partial charge in [-0.15, -0.1) is 0 Å². The average molecular weight is 422 g/mol. The average Bonchev–Trinajstić information content (AvgIpc) is 3.42. The number of thioether (sulfide) groups is 1. The van der Waals surface area contributed by atoms with E-state index in [0.717, 1.165) is 36.2 Å². The first-order valence-corrected chi connectivity index (χ1v) is 10.5. The summed E-state index contributed by atoms with van der Waals surface area (Å²) in [4.78, 5) is 24.9. The van der Waals surface area contributed by atoms with Gasteiger partial charge in [0.1, 0.15) is 12.4 Å². The molecule has 2 N–H and O–H groups in total. The van der Waals surface area contributed by atoms with E-state index < -0.39 is 17.5 Å². The molecule has 4 rings (SSSR count). The number of nitrogens with zero attached hydrogens (tertiary/aromatic N) is 2. The highest BCUT2D eigenvalue weighted by Crippen LogP contribution is 2.34. The van der Waals surface area contributed by atoms with E-state index in [2.05, 4.69) is 15.7 Å². The van der Waals surface area contributed by atoms with Crippen LogP contribution in [0.4, 0.5) is 14.6 Å². The lowest BCUT2D eigenvalue weighted by molar-refractivity contribution is -0.122. The molecular formula is C19H20F2N4O3S. The smallest absolute Gasteiger partial charge is 0.256 e. The van der Waals surface area contributed by atoms with Crippen LogP contribution in [0.25, 0.3) is 0 Å². The number of aromatic nitrogens is 2. The van der Waals surface area contributed by atoms with Crippen molar-refractivity contribution in [2.24, 2.45) is 0 Å². The number of fused-ring (bicyclic) bond motifs is 1. The number of anilines is 1. The van der Waals surface area contributed by atoms with E-state index in [4.69, 9.17) is 4.74 Å². The summed E-state index contributed by atoms with van der Waals surface area (Å²) in [5.74, 6) is -1.20. The second-order valence-electron chi connectivity index (χ2n) is 6.95. The summed E-state index contributed by atoms with van der Waals surface area (Å²) in [6.07, 6.45) is 1.94. The molecule has 2 aromatic rings. The normalized spacial score (nSPS) is 17.9. The fraction of sp³-hybridized carbons (Fsp3) is 0.421. The van der Waals surface area contributed by atoms with E-state index >= 15 is 0 Å². The summed E-state index contributed by atoms with van der Waals surface area (Å²) in [6, 6.07) is 2.95. The zero-order valence-electron chi connectivity index (χ0n) is 15.5. The second-order valence-corrected chi connectivity index (χ2v) is 7.93. The molecule has 2 aliphatic rings. The molecular weight excluding hydrogens is 402 g/mol. The second kappa shape index (κ2) is 8.50. The Balaban J connectivity index is 1.48. The van der Waals surface area contributed by atoms with Crippen LogP contribution < -0.4 is 10.6 Å². The molecule has 1 fully saturated rings. The molecule has 10 heteroatoms. The number of carbonyl (C=O) groups excluding carboxylic acids is 2. The van der Waals surface area contributed by atoms with Crippen molar-refractivity contribution in [3.8, 4) is 0 Å². The Morgan fingerprint density at radius 3 is 2.90 bits per heavy atom. The molecule has 2 aliphatic heterocycles. The van der Waals surface area contributed by atoms with E-state index in [1.807, 2.05) is 0 Å². The summed E-state index contributed by atoms with van der Waals surface area (Å²) < 4.78 is 33.5. The molecule has 1 aromatic carbocycles. The Labute approximate surface area is 170 Å². The molecule has 1 atom stereocenters. The number of hydrogen-bond donors (Lipinski definition) is 2. The number of rotatable bonds is 6. The van der Waals surface area contributed by atoms with Gasteiger partial charge in [0.2, 0.25) is 5.91 Å². The summed E-state index contributed by atoms with van der Waals surface area (Å²) in [6.45, 7) is 1.09. The van der Waals surface area contributed by atoms with Gasteiger partial charge in [-0.25, -0.2) is 13.5 Å². The van der Waals surface area contributed by atoms with Crippen LogP contribution in [0, 0.1) is 11.6 Å². The molecule has 1 aromatic heterocycles. The number of benzene rings is 1. The lowest BCUT2D eigenvalue weighted by Gasteiger charge is -2.13. The van der Waals surface area contributed by atoms with E-state index in [0.29, 0.717) is 30.5 Å². The summed E-state index contributed by atoms with van der Waals surface area (Å²) in [7, 11) is 0. The highest BCUT2D eigenvalue weighted by molar-refractivity contribution is 7.98. The van der Waals surface area contributed by atoms with Crippen molar-refractivity contribution in [1.29, 1.82) is 0 Å². The molecule has 3 heterocycles. The Morgan fingerprint density at radius 2 is 2.14 bits per heavy atom. The van der Waals surface area contributed by atoms with Crippen molar-refractivity contribution in [3.05, 3.63) is 46.7 Å². The van der Waals surface area contributed by atoms with Crippen LogP contribution in [-0.4, -0.2) is 40.9 Å². The summed E-state index contributed by atoms with van der Waals surface area (Å²) >= 11 is 1.65. The van der Waals surface area contributed by atoms with E-state index in [1.165, 1.54) is 10.7 Å².